The molecule has 0 saturated carbocycles. The van der Waals surface area contributed by atoms with Gasteiger partial charge in [-0.3, -0.25) is 0 Å². The number of carbonyl (C=O) groups is 1. The van der Waals surface area contributed by atoms with Gasteiger partial charge < -0.3 is 21.8 Å². The molecular weight excluding hydrogens is 246 g/mol. The Bertz CT molecular complexity index is 447. The predicted octanol–water partition coefficient (Wildman–Crippen LogP) is 0.274. The third-order valence-corrected chi connectivity index (χ3v) is 2.53. The molecule has 106 valence electrons. The standard InChI is InChI=1S/C11H21N7O/c1-6(2)8-16-9(7(3)10(17-8)18-13)14-4-5-15-11(12)19/h6H,4-5,13H2,1-3H3,(H3,12,15,19)(H2,14,16,17,18). The second-order valence-corrected chi connectivity index (χ2v) is 4.42. The van der Waals surface area contributed by atoms with Gasteiger partial charge in [-0.15, -0.1) is 0 Å². The highest BCUT2D eigenvalue weighted by molar-refractivity contribution is 5.71. The van der Waals surface area contributed by atoms with Crippen molar-refractivity contribution in [1.29, 1.82) is 0 Å². The van der Waals surface area contributed by atoms with Crippen LogP contribution >= 0.6 is 0 Å². The Labute approximate surface area is 112 Å². The third kappa shape index (κ3) is 4.25. The van der Waals surface area contributed by atoms with E-state index >= 15 is 0 Å². The fourth-order valence-corrected chi connectivity index (χ4v) is 1.47. The molecule has 0 bridgehead atoms. The molecule has 0 aliphatic heterocycles. The number of hydrogen-bond donors (Lipinski definition) is 5. The molecule has 0 spiro atoms. The van der Waals surface area contributed by atoms with Crippen molar-refractivity contribution in [2.45, 2.75) is 26.7 Å². The molecular formula is C11H21N7O. The largest absolute Gasteiger partial charge is 0.368 e. The summed E-state index contributed by atoms with van der Waals surface area (Å²) < 4.78 is 0. The molecule has 1 rings (SSSR count). The van der Waals surface area contributed by atoms with Crippen LogP contribution < -0.4 is 27.6 Å². The van der Waals surface area contributed by atoms with Crippen molar-refractivity contribution in [2.24, 2.45) is 11.6 Å². The molecule has 8 heteroatoms. The SMILES string of the molecule is Cc1c(NN)nc(C(C)C)nc1NCCNC(N)=O. The number of nitrogen functional groups attached to an aromatic ring is 1. The van der Waals surface area contributed by atoms with Crippen molar-refractivity contribution in [3.05, 3.63) is 11.4 Å². The molecule has 0 unspecified atom stereocenters. The Morgan fingerprint density at radius 3 is 2.42 bits per heavy atom. The highest BCUT2D eigenvalue weighted by atomic mass is 16.2. The van der Waals surface area contributed by atoms with E-state index < -0.39 is 6.03 Å². The first kappa shape index (κ1) is 15.0. The van der Waals surface area contributed by atoms with Gasteiger partial charge in [0.2, 0.25) is 0 Å². The summed E-state index contributed by atoms with van der Waals surface area (Å²) >= 11 is 0. The highest BCUT2D eigenvalue weighted by Gasteiger charge is 2.12. The molecule has 1 aromatic rings. The van der Waals surface area contributed by atoms with Gasteiger partial charge in [-0.2, -0.15) is 0 Å². The van der Waals surface area contributed by atoms with Crippen molar-refractivity contribution in [1.82, 2.24) is 15.3 Å². The lowest BCUT2D eigenvalue weighted by Crippen LogP contribution is -2.33. The number of carbonyl (C=O) groups excluding carboxylic acids is 1. The van der Waals surface area contributed by atoms with E-state index in [1.54, 1.807) is 0 Å². The maximum Gasteiger partial charge on any atom is 0.312 e. The van der Waals surface area contributed by atoms with E-state index in [9.17, 15) is 4.79 Å². The van der Waals surface area contributed by atoms with E-state index in [2.05, 4.69) is 26.0 Å². The smallest absolute Gasteiger partial charge is 0.312 e. The van der Waals surface area contributed by atoms with Gasteiger partial charge in [-0.05, 0) is 6.92 Å². The average molecular weight is 267 g/mol. The number of primary amides is 1. The molecule has 2 amide bonds. The van der Waals surface area contributed by atoms with Gasteiger partial charge in [-0.25, -0.2) is 20.6 Å². The van der Waals surface area contributed by atoms with Crippen molar-refractivity contribution in [2.75, 3.05) is 23.8 Å². The molecule has 0 aliphatic carbocycles. The number of nitrogens with zero attached hydrogens (tertiary/aromatic N) is 2. The minimum absolute atomic E-state index is 0.192. The molecule has 19 heavy (non-hydrogen) atoms. The summed E-state index contributed by atoms with van der Waals surface area (Å²) in [6, 6.07) is -0.548. The fraction of sp³-hybridized carbons (Fsp3) is 0.545. The van der Waals surface area contributed by atoms with E-state index in [-0.39, 0.29) is 5.92 Å². The summed E-state index contributed by atoms with van der Waals surface area (Å²) in [6.07, 6.45) is 0. The number of amides is 2. The molecule has 7 N–H and O–H groups in total. The molecule has 0 aliphatic rings. The monoisotopic (exact) mass is 267 g/mol. The topological polar surface area (TPSA) is 131 Å². The molecule has 1 heterocycles. The second-order valence-electron chi connectivity index (χ2n) is 4.42. The normalized spacial score (nSPS) is 10.4. The van der Waals surface area contributed by atoms with Crippen LogP contribution in [-0.2, 0) is 0 Å². The summed E-state index contributed by atoms with van der Waals surface area (Å²) in [5, 5.41) is 5.62. The first-order valence-corrected chi connectivity index (χ1v) is 6.08. The summed E-state index contributed by atoms with van der Waals surface area (Å²) in [5.41, 5.74) is 8.36. The number of rotatable bonds is 6. The lowest BCUT2D eigenvalue weighted by molar-refractivity contribution is 0.249. The van der Waals surface area contributed by atoms with Gasteiger partial charge in [0.05, 0.1) is 0 Å². The lowest BCUT2D eigenvalue weighted by atomic mass is 10.2. The van der Waals surface area contributed by atoms with E-state index in [1.165, 1.54) is 0 Å². The highest BCUT2D eigenvalue weighted by Crippen LogP contribution is 2.22. The van der Waals surface area contributed by atoms with Crippen LogP contribution in [0.5, 0.6) is 0 Å². The first-order chi connectivity index (χ1) is 8.95. The van der Waals surface area contributed by atoms with Gasteiger partial charge in [-0.1, -0.05) is 13.8 Å². The van der Waals surface area contributed by atoms with Crippen LogP contribution in [0.2, 0.25) is 0 Å². The van der Waals surface area contributed by atoms with Gasteiger partial charge >= 0.3 is 6.03 Å². The quantitative estimate of drug-likeness (QED) is 0.286. The number of nitrogens with one attached hydrogen (secondary N) is 3. The third-order valence-electron chi connectivity index (χ3n) is 2.53. The van der Waals surface area contributed by atoms with E-state index in [0.29, 0.717) is 30.5 Å². The number of hydrazine groups is 1. The molecule has 8 nitrogen and oxygen atoms in total. The molecule has 0 saturated heterocycles. The molecule has 0 radical (unpaired) electrons. The number of urea groups is 1. The predicted molar refractivity (Wildman–Crippen MR) is 74.7 cm³/mol. The minimum Gasteiger partial charge on any atom is -0.368 e. The minimum atomic E-state index is -0.548. The zero-order valence-corrected chi connectivity index (χ0v) is 11.4. The van der Waals surface area contributed by atoms with Gasteiger partial charge in [0, 0.05) is 24.6 Å². The Morgan fingerprint density at radius 2 is 1.89 bits per heavy atom. The van der Waals surface area contributed by atoms with Gasteiger partial charge in [0.15, 0.2) is 0 Å². The molecule has 1 aromatic heterocycles. The Kier molecular flexibility index (Phi) is 5.31. The number of aromatic nitrogens is 2. The maximum absolute atomic E-state index is 10.6. The number of hydrogen-bond acceptors (Lipinski definition) is 6. The average Bonchev–Trinajstić information content (AvgIpc) is 2.35. The Hall–Kier alpha value is -2.09. The Balaban J connectivity index is 2.80. The summed E-state index contributed by atoms with van der Waals surface area (Å²) in [5.74, 6) is 7.61. The number of anilines is 2. The molecule has 0 fully saturated rings. The van der Waals surface area contributed by atoms with Crippen molar-refractivity contribution < 1.29 is 4.79 Å². The second kappa shape index (κ2) is 6.74. The van der Waals surface area contributed by atoms with E-state index in [0.717, 1.165) is 5.56 Å². The summed E-state index contributed by atoms with van der Waals surface area (Å²) in [4.78, 5) is 19.3. The van der Waals surface area contributed by atoms with Crippen LogP contribution in [0.15, 0.2) is 0 Å². The molecule has 0 atom stereocenters. The van der Waals surface area contributed by atoms with Crippen molar-refractivity contribution in [3.63, 3.8) is 0 Å². The van der Waals surface area contributed by atoms with Crippen molar-refractivity contribution >= 4 is 17.7 Å². The molecule has 0 aromatic carbocycles. The van der Waals surface area contributed by atoms with Crippen LogP contribution in [-0.4, -0.2) is 29.1 Å². The van der Waals surface area contributed by atoms with E-state index in [1.807, 2.05) is 20.8 Å². The zero-order valence-electron chi connectivity index (χ0n) is 11.4. The van der Waals surface area contributed by atoms with E-state index in [4.69, 9.17) is 11.6 Å². The fourth-order valence-electron chi connectivity index (χ4n) is 1.47. The summed E-state index contributed by atoms with van der Waals surface area (Å²) in [7, 11) is 0. The van der Waals surface area contributed by atoms with Crippen molar-refractivity contribution in [3.8, 4) is 0 Å². The van der Waals surface area contributed by atoms with Crippen LogP contribution in [0.3, 0.4) is 0 Å². The first-order valence-electron chi connectivity index (χ1n) is 6.08. The van der Waals surface area contributed by atoms with Crippen LogP contribution in [0.25, 0.3) is 0 Å². The summed E-state index contributed by atoms with van der Waals surface area (Å²) in [6.45, 7) is 6.80. The van der Waals surface area contributed by atoms with Crippen LogP contribution in [0.1, 0.15) is 31.2 Å². The lowest BCUT2D eigenvalue weighted by Gasteiger charge is -2.15. The number of nitrogens with two attached hydrogens (primary N) is 2. The van der Waals surface area contributed by atoms with Gasteiger partial charge in [0.1, 0.15) is 17.5 Å². The Morgan fingerprint density at radius 1 is 1.26 bits per heavy atom. The van der Waals surface area contributed by atoms with Gasteiger partial charge in [0.25, 0.3) is 0 Å². The van der Waals surface area contributed by atoms with Crippen LogP contribution in [0.4, 0.5) is 16.4 Å². The zero-order chi connectivity index (χ0) is 14.4. The van der Waals surface area contributed by atoms with Crippen LogP contribution in [0, 0.1) is 6.92 Å². The maximum atomic E-state index is 10.6.